The monoisotopic (exact) mass is 393 g/mol. The van der Waals surface area contributed by atoms with E-state index < -0.39 is 23.5 Å². The zero-order valence-electron chi connectivity index (χ0n) is 17.3. The van der Waals surface area contributed by atoms with Crippen LogP contribution in [0.2, 0.25) is 0 Å². The average Bonchev–Trinajstić information content (AvgIpc) is 2.74. The van der Waals surface area contributed by atoms with Crippen LogP contribution < -0.4 is 0 Å². The molecule has 0 bridgehead atoms. The van der Waals surface area contributed by atoms with Gasteiger partial charge in [0.05, 0.1) is 7.11 Å². The molecule has 3 rings (SSSR count). The van der Waals surface area contributed by atoms with Crippen LogP contribution in [-0.4, -0.2) is 36.4 Å². The fourth-order valence-electron chi connectivity index (χ4n) is 3.68. The van der Waals surface area contributed by atoms with Gasteiger partial charge in [-0.2, -0.15) is 0 Å². The third kappa shape index (κ3) is 4.24. The minimum Gasteiger partial charge on any atom is -0.482 e. The Labute approximate surface area is 171 Å². The number of benzene rings is 2. The summed E-state index contributed by atoms with van der Waals surface area (Å²) in [5.41, 5.74) is 0.207. The second-order valence-electron chi connectivity index (χ2n) is 7.83. The topological polar surface area (TPSA) is 65.0 Å². The SMILES string of the molecule is COC1=N[C@](C)([C@H](CC(=O)c2ccccc2)c2ccccc2)C(=O)O[C@H]1C(C)C. The number of ketones is 1. The summed E-state index contributed by atoms with van der Waals surface area (Å²) >= 11 is 0. The molecule has 5 nitrogen and oxygen atoms in total. The number of carbonyl (C=O) groups is 2. The number of hydrogen-bond acceptors (Lipinski definition) is 5. The second kappa shape index (κ2) is 8.60. The van der Waals surface area contributed by atoms with Gasteiger partial charge in [0.25, 0.3) is 0 Å². The first-order chi connectivity index (χ1) is 13.9. The minimum absolute atomic E-state index is 0.0309. The Morgan fingerprint density at radius 1 is 1.10 bits per heavy atom. The molecule has 2 aromatic rings. The third-order valence-corrected chi connectivity index (χ3v) is 5.41. The lowest BCUT2D eigenvalue weighted by molar-refractivity contribution is -0.157. The van der Waals surface area contributed by atoms with E-state index in [1.807, 2.05) is 62.4 Å². The molecule has 1 aliphatic rings. The first kappa shape index (κ1) is 20.8. The molecule has 1 heterocycles. The highest BCUT2D eigenvalue weighted by Crippen LogP contribution is 2.39. The van der Waals surface area contributed by atoms with E-state index in [9.17, 15) is 9.59 Å². The first-order valence-electron chi connectivity index (χ1n) is 9.84. The summed E-state index contributed by atoms with van der Waals surface area (Å²) in [6, 6.07) is 18.6. The van der Waals surface area contributed by atoms with Crippen LogP contribution in [0.5, 0.6) is 0 Å². The highest BCUT2D eigenvalue weighted by atomic mass is 16.6. The normalized spacial score (nSPS) is 22.6. The van der Waals surface area contributed by atoms with Gasteiger partial charge in [-0.25, -0.2) is 9.79 Å². The van der Waals surface area contributed by atoms with Crippen molar-refractivity contribution in [2.75, 3.05) is 7.11 Å². The van der Waals surface area contributed by atoms with E-state index in [1.54, 1.807) is 19.1 Å². The maximum atomic E-state index is 13.1. The Balaban J connectivity index is 2.04. The highest BCUT2D eigenvalue weighted by Gasteiger charge is 2.50. The van der Waals surface area contributed by atoms with Crippen molar-refractivity contribution in [1.29, 1.82) is 0 Å². The molecular formula is C24H27NO4. The van der Waals surface area contributed by atoms with Crippen LogP contribution in [0.3, 0.4) is 0 Å². The maximum absolute atomic E-state index is 13.1. The Morgan fingerprint density at radius 3 is 2.24 bits per heavy atom. The number of aliphatic imine (C=N–C) groups is 1. The van der Waals surface area contributed by atoms with Crippen molar-refractivity contribution in [2.45, 2.75) is 44.8 Å². The number of rotatable bonds is 6. The molecule has 0 N–H and O–H groups in total. The number of Topliss-reactive ketones (excluding diaryl/α,β-unsaturated/α-hetero) is 1. The minimum atomic E-state index is -1.26. The summed E-state index contributed by atoms with van der Waals surface area (Å²) < 4.78 is 11.2. The molecule has 0 aliphatic carbocycles. The fraction of sp³-hybridized carbons (Fsp3) is 0.375. The number of ether oxygens (including phenoxy) is 2. The molecule has 0 unspecified atom stereocenters. The third-order valence-electron chi connectivity index (χ3n) is 5.41. The van der Waals surface area contributed by atoms with Crippen molar-refractivity contribution >= 4 is 17.7 Å². The Hall–Kier alpha value is -2.95. The van der Waals surface area contributed by atoms with Crippen LogP contribution in [0.1, 0.15) is 49.0 Å². The number of nitrogens with zero attached hydrogens (tertiary/aromatic N) is 1. The summed E-state index contributed by atoms with van der Waals surface area (Å²) in [7, 11) is 1.53. The second-order valence-corrected chi connectivity index (χ2v) is 7.83. The van der Waals surface area contributed by atoms with E-state index in [0.717, 1.165) is 5.56 Å². The molecule has 0 aromatic heterocycles. The summed E-state index contributed by atoms with van der Waals surface area (Å²) in [6.07, 6.45) is -0.395. The van der Waals surface area contributed by atoms with Gasteiger partial charge in [0, 0.05) is 17.9 Å². The Kier molecular flexibility index (Phi) is 6.16. The van der Waals surface area contributed by atoms with Gasteiger partial charge in [-0.15, -0.1) is 0 Å². The van der Waals surface area contributed by atoms with Crippen molar-refractivity contribution in [3.8, 4) is 0 Å². The van der Waals surface area contributed by atoms with Gasteiger partial charge in [0.2, 0.25) is 5.90 Å². The zero-order valence-corrected chi connectivity index (χ0v) is 17.3. The summed E-state index contributed by atoms with van der Waals surface area (Å²) in [5.74, 6) is -0.555. The van der Waals surface area contributed by atoms with Crippen molar-refractivity contribution in [3.05, 3.63) is 71.8 Å². The number of methoxy groups -OCH3 is 1. The number of esters is 1. The zero-order chi connectivity index (χ0) is 21.0. The maximum Gasteiger partial charge on any atom is 0.335 e. The van der Waals surface area contributed by atoms with Gasteiger partial charge in [0.15, 0.2) is 17.4 Å². The molecule has 0 radical (unpaired) electrons. The van der Waals surface area contributed by atoms with E-state index >= 15 is 0 Å². The van der Waals surface area contributed by atoms with Crippen molar-refractivity contribution in [1.82, 2.24) is 0 Å². The van der Waals surface area contributed by atoms with Crippen LogP contribution >= 0.6 is 0 Å². The molecule has 5 heteroatoms. The molecular weight excluding hydrogens is 366 g/mol. The van der Waals surface area contributed by atoms with E-state index in [-0.39, 0.29) is 18.1 Å². The molecule has 0 fully saturated rings. The molecule has 0 amide bonds. The van der Waals surface area contributed by atoms with Crippen LogP contribution in [0.15, 0.2) is 65.7 Å². The lowest BCUT2D eigenvalue weighted by Crippen LogP contribution is -2.51. The van der Waals surface area contributed by atoms with Gasteiger partial charge in [-0.1, -0.05) is 74.5 Å². The molecule has 0 saturated heterocycles. The van der Waals surface area contributed by atoms with E-state index in [4.69, 9.17) is 14.5 Å². The molecule has 29 heavy (non-hydrogen) atoms. The fourth-order valence-corrected chi connectivity index (χ4v) is 3.68. The molecule has 2 aromatic carbocycles. The highest BCUT2D eigenvalue weighted by molar-refractivity contribution is 5.99. The summed E-state index contributed by atoms with van der Waals surface area (Å²) in [5, 5.41) is 0. The standard InChI is InChI=1S/C24H27NO4/c1-16(2)21-22(28-4)25-24(3,23(27)29-21)19(17-11-7-5-8-12-17)15-20(26)18-13-9-6-10-14-18/h5-14,16,19,21H,15H2,1-4H3/t19-,21+,24-/m1/s1. The quantitative estimate of drug-likeness (QED) is 0.538. The predicted molar refractivity (Wildman–Crippen MR) is 112 cm³/mol. The van der Waals surface area contributed by atoms with Gasteiger partial charge < -0.3 is 9.47 Å². The van der Waals surface area contributed by atoms with E-state index in [2.05, 4.69) is 0 Å². The average molecular weight is 393 g/mol. The Bertz CT molecular complexity index is 892. The molecule has 3 atom stereocenters. The smallest absolute Gasteiger partial charge is 0.335 e. The number of hydrogen-bond donors (Lipinski definition) is 0. The summed E-state index contributed by atoms with van der Waals surface area (Å²) in [6.45, 7) is 5.62. The lowest BCUT2D eigenvalue weighted by atomic mass is 9.76. The van der Waals surface area contributed by atoms with Gasteiger partial charge in [-0.3, -0.25) is 4.79 Å². The number of carbonyl (C=O) groups excluding carboxylic acids is 2. The molecule has 1 aliphatic heterocycles. The van der Waals surface area contributed by atoms with E-state index in [0.29, 0.717) is 11.5 Å². The summed E-state index contributed by atoms with van der Waals surface area (Å²) in [4.78, 5) is 30.8. The van der Waals surface area contributed by atoms with Gasteiger partial charge >= 0.3 is 5.97 Å². The van der Waals surface area contributed by atoms with Crippen LogP contribution in [0.4, 0.5) is 0 Å². The molecule has 152 valence electrons. The number of cyclic esters (lactones) is 1. The molecule has 0 saturated carbocycles. The van der Waals surface area contributed by atoms with Crippen LogP contribution in [0, 0.1) is 5.92 Å². The lowest BCUT2D eigenvalue weighted by Gasteiger charge is -2.39. The predicted octanol–water partition coefficient (Wildman–Crippen LogP) is 4.43. The molecule has 0 spiro atoms. The van der Waals surface area contributed by atoms with Crippen molar-refractivity contribution < 1.29 is 19.1 Å². The van der Waals surface area contributed by atoms with E-state index in [1.165, 1.54) is 7.11 Å². The van der Waals surface area contributed by atoms with Crippen LogP contribution in [-0.2, 0) is 14.3 Å². The Morgan fingerprint density at radius 2 is 1.69 bits per heavy atom. The van der Waals surface area contributed by atoms with Crippen molar-refractivity contribution in [2.24, 2.45) is 10.9 Å². The van der Waals surface area contributed by atoms with Crippen LogP contribution in [0.25, 0.3) is 0 Å². The largest absolute Gasteiger partial charge is 0.482 e. The van der Waals surface area contributed by atoms with Gasteiger partial charge in [0.1, 0.15) is 0 Å². The van der Waals surface area contributed by atoms with Gasteiger partial charge in [-0.05, 0) is 18.4 Å². The first-order valence-corrected chi connectivity index (χ1v) is 9.84. The van der Waals surface area contributed by atoms with Crippen molar-refractivity contribution in [3.63, 3.8) is 0 Å².